The third kappa shape index (κ3) is 3.19. The number of hydrogen-bond donors (Lipinski definition) is 2. The van der Waals surface area contributed by atoms with E-state index in [1.807, 2.05) is 12.3 Å². The molecule has 0 spiro atoms. The quantitative estimate of drug-likeness (QED) is 0.778. The van der Waals surface area contributed by atoms with Crippen molar-refractivity contribution < 1.29 is 0 Å². The van der Waals surface area contributed by atoms with Crippen LogP contribution in [-0.2, 0) is 6.54 Å². The van der Waals surface area contributed by atoms with Gasteiger partial charge < -0.3 is 10.3 Å². The lowest BCUT2D eigenvalue weighted by Gasteiger charge is -2.33. The third-order valence-electron chi connectivity index (χ3n) is 4.45. The van der Waals surface area contributed by atoms with Gasteiger partial charge in [-0.3, -0.25) is 4.90 Å². The highest BCUT2D eigenvalue weighted by Crippen LogP contribution is 2.21. The van der Waals surface area contributed by atoms with Gasteiger partial charge in [0.25, 0.3) is 0 Å². The van der Waals surface area contributed by atoms with Crippen molar-refractivity contribution >= 4 is 16.9 Å². The number of nitrogens with zero attached hydrogens (tertiary/aromatic N) is 3. The lowest BCUT2D eigenvalue weighted by molar-refractivity contribution is 0.208. The highest BCUT2D eigenvalue weighted by Gasteiger charge is 2.20. The summed E-state index contributed by atoms with van der Waals surface area (Å²) >= 11 is 0. The predicted molar refractivity (Wildman–Crippen MR) is 92.3 cm³/mol. The zero-order valence-corrected chi connectivity index (χ0v) is 13.1. The summed E-state index contributed by atoms with van der Waals surface area (Å²) in [5, 5.41) is 4.68. The average molecular weight is 307 g/mol. The largest absolute Gasteiger partial charge is 0.365 e. The van der Waals surface area contributed by atoms with Crippen molar-refractivity contribution in [3.05, 3.63) is 54.5 Å². The first kappa shape index (κ1) is 14.2. The van der Waals surface area contributed by atoms with E-state index >= 15 is 0 Å². The molecule has 23 heavy (non-hydrogen) atoms. The summed E-state index contributed by atoms with van der Waals surface area (Å²) in [4.78, 5) is 14.3. The monoisotopic (exact) mass is 307 g/mol. The topological polar surface area (TPSA) is 56.8 Å². The van der Waals surface area contributed by atoms with Crippen LogP contribution in [0.3, 0.4) is 0 Å². The molecule has 1 saturated heterocycles. The smallest absolute Gasteiger partial charge is 0.142 e. The molecular weight excluding hydrogens is 286 g/mol. The zero-order valence-electron chi connectivity index (χ0n) is 13.1. The van der Waals surface area contributed by atoms with Crippen LogP contribution in [0.15, 0.2) is 48.9 Å². The van der Waals surface area contributed by atoms with Crippen LogP contribution in [0.5, 0.6) is 0 Å². The van der Waals surface area contributed by atoms with Gasteiger partial charge in [-0.25, -0.2) is 9.97 Å². The number of hydrogen-bond acceptors (Lipinski definition) is 4. The van der Waals surface area contributed by atoms with Gasteiger partial charge in [-0.05, 0) is 31.0 Å². The van der Waals surface area contributed by atoms with E-state index in [0.717, 1.165) is 36.5 Å². The van der Waals surface area contributed by atoms with E-state index in [1.54, 1.807) is 6.33 Å². The van der Waals surface area contributed by atoms with E-state index < -0.39 is 0 Å². The zero-order chi connectivity index (χ0) is 15.5. The predicted octanol–water partition coefficient (Wildman–Crippen LogP) is 3.03. The molecule has 1 atom stereocenters. The minimum absolute atomic E-state index is 0.431. The number of anilines is 1. The summed E-state index contributed by atoms with van der Waals surface area (Å²) in [6, 6.07) is 13.1. The Balaban J connectivity index is 1.44. The molecule has 4 rings (SSSR count). The normalized spacial score (nSPS) is 19.0. The van der Waals surface area contributed by atoms with Gasteiger partial charge >= 0.3 is 0 Å². The average Bonchev–Trinajstić information content (AvgIpc) is 3.06. The Morgan fingerprint density at radius 2 is 2.09 bits per heavy atom. The maximum Gasteiger partial charge on any atom is 0.142 e. The van der Waals surface area contributed by atoms with Gasteiger partial charge in [0.15, 0.2) is 0 Å². The fraction of sp³-hybridized carbons (Fsp3) is 0.333. The SMILES string of the molecule is c1ccc(CN2CCCC(Nc3ncnc4[nH]ccc34)C2)cc1. The Labute approximate surface area is 135 Å². The van der Waals surface area contributed by atoms with E-state index in [9.17, 15) is 0 Å². The summed E-state index contributed by atoms with van der Waals surface area (Å²) in [5.41, 5.74) is 2.27. The number of aromatic amines is 1. The number of aromatic nitrogens is 3. The second-order valence-corrected chi connectivity index (χ2v) is 6.17. The first-order valence-corrected chi connectivity index (χ1v) is 8.19. The van der Waals surface area contributed by atoms with Crippen LogP contribution in [0.25, 0.3) is 11.0 Å². The van der Waals surface area contributed by atoms with Crippen LogP contribution >= 0.6 is 0 Å². The van der Waals surface area contributed by atoms with Crippen molar-refractivity contribution in [2.24, 2.45) is 0 Å². The van der Waals surface area contributed by atoms with Crippen LogP contribution < -0.4 is 5.32 Å². The van der Waals surface area contributed by atoms with Crippen molar-refractivity contribution in [1.29, 1.82) is 0 Å². The molecule has 1 fully saturated rings. The fourth-order valence-electron chi connectivity index (χ4n) is 3.34. The van der Waals surface area contributed by atoms with E-state index in [0.29, 0.717) is 6.04 Å². The second-order valence-electron chi connectivity index (χ2n) is 6.17. The Morgan fingerprint density at radius 3 is 3.00 bits per heavy atom. The Hall–Kier alpha value is -2.40. The number of likely N-dealkylation sites (tertiary alicyclic amines) is 1. The van der Waals surface area contributed by atoms with Crippen LogP contribution in [-0.4, -0.2) is 39.0 Å². The van der Waals surface area contributed by atoms with Crippen LogP contribution in [0, 0.1) is 0 Å². The molecule has 3 aromatic rings. The molecule has 5 nitrogen and oxygen atoms in total. The van der Waals surface area contributed by atoms with Gasteiger partial charge in [-0.2, -0.15) is 0 Å². The van der Waals surface area contributed by atoms with E-state index in [2.05, 4.69) is 55.5 Å². The molecule has 1 aliphatic heterocycles. The Bertz CT molecular complexity index is 767. The number of piperidine rings is 1. The molecule has 0 amide bonds. The van der Waals surface area contributed by atoms with Gasteiger partial charge in [0.05, 0.1) is 5.39 Å². The molecule has 1 aliphatic rings. The van der Waals surface area contributed by atoms with Crippen molar-refractivity contribution in [3.8, 4) is 0 Å². The Morgan fingerprint density at radius 1 is 1.17 bits per heavy atom. The molecule has 0 aliphatic carbocycles. The summed E-state index contributed by atoms with van der Waals surface area (Å²) < 4.78 is 0. The molecule has 0 saturated carbocycles. The maximum absolute atomic E-state index is 4.42. The third-order valence-corrected chi connectivity index (χ3v) is 4.45. The van der Waals surface area contributed by atoms with Gasteiger partial charge in [-0.1, -0.05) is 30.3 Å². The minimum atomic E-state index is 0.431. The number of nitrogens with one attached hydrogen (secondary N) is 2. The van der Waals surface area contributed by atoms with Crippen LogP contribution in [0.1, 0.15) is 18.4 Å². The van der Waals surface area contributed by atoms with Crippen LogP contribution in [0.4, 0.5) is 5.82 Å². The molecule has 5 heteroatoms. The van der Waals surface area contributed by atoms with Gasteiger partial charge in [-0.15, -0.1) is 0 Å². The molecule has 2 N–H and O–H groups in total. The highest BCUT2D eigenvalue weighted by molar-refractivity contribution is 5.86. The molecule has 0 radical (unpaired) electrons. The lowest BCUT2D eigenvalue weighted by Crippen LogP contribution is -2.41. The highest BCUT2D eigenvalue weighted by atomic mass is 15.2. The number of benzene rings is 1. The molecule has 118 valence electrons. The number of rotatable bonds is 4. The summed E-state index contributed by atoms with van der Waals surface area (Å²) in [6.45, 7) is 3.23. The lowest BCUT2D eigenvalue weighted by atomic mass is 10.0. The fourth-order valence-corrected chi connectivity index (χ4v) is 3.34. The van der Waals surface area contributed by atoms with Crippen molar-refractivity contribution in [3.63, 3.8) is 0 Å². The Kier molecular flexibility index (Phi) is 3.94. The van der Waals surface area contributed by atoms with E-state index in [4.69, 9.17) is 0 Å². The molecule has 0 bridgehead atoms. The summed E-state index contributed by atoms with van der Waals surface area (Å²) in [5.74, 6) is 0.933. The van der Waals surface area contributed by atoms with Crippen molar-refractivity contribution in [2.75, 3.05) is 18.4 Å². The second kappa shape index (κ2) is 6.38. The van der Waals surface area contributed by atoms with Gasteiger partial charge in [0.1, 0.15) is 17.8 Å². The number of fused-ring (bicyclic) bond motifs is 1. The molecule has 1 aromatic carbocycles. The van der Waals surface area contributed by atoms with Crippen LogP contribution in [0.2, 0.25) is 0 Å². The van der Waals surface area contributed by atoms with Gasteiger partial charge in [0.2, 0.25) is 0 Å². The maximum atomic E-state index is 4.42. The summed E-state index contributed by atoms with van der Waals surface area (Å²) in [7, 11) is 0. The molecule has 1 unspecified atom stereocenters. The van der Waals surface area contributed by atoms with Crippen molar-refractivity contribution in [1.82, 2.24) is 19.9 Å². The van der Waals surface area contributed by atoms with E-state index in [1.165, 1.54) is 18.4 Å². The number of H-pyrrole nitrogens is 1. The molecule has 3 heterocycles. The van der Waals surface area contributed by atoms with Gasteiger partial charge in [0, 0.05) is 25.3 Å². The summed E-state index contributed by atoms with van der Waals surface area (Å²) in [6.07, 6.45) is 5.92. The van der Waals surface area contributed by atoms with E-state index in [-0.39, 0.29) is 0 Å². The minimum Gasteiger partial charge on any atom is -0.365 e. The van der Waals surface area contributed by atoms with Crippen molar-refractivity contribution in [2.45, 2.75) is 25.4 Å². The first-order chi connectivity index (χ1) is 11.4. The standard InChI is InChI=1S/C18H21N5/c1-2-5-14(6-3-1)11-23-10-4-7-15(12-23)22-18-16-8-9-19-17(16)20-13-21-18/h1-3,5-6,8-9,13,15H,4,7,10-12H2,(H2,19,20,21,22). The molecule has 2 aromatic heterocycles. The first-order valence-electron chi connectivity index (χ1n) is 8.19. The molecular formula is C18H21N5.